The smallest absolute Gasteiger partial charge is 0.306 e. The monoisotopic (exact) mass is 262 g/mol. The van der Waals surface area contributed by atoms with Crippen molar-refractivity contribution in [3.63, 3.8) is 0 Å². The van der Waals surface area contributed by atoms with E-state index in [0.29, 0.717) is 0 Å². The van der Waals surface area contributed by atoms with Gasteiger partial charge < -0.3 is 10.5 Å². The number of hydrogen-bond donors (Lipinski definition) is 2. The molecule has 0 saturated carbocycles. The zero-order valence-corrected chi connectivity index (χ0v) is 10.3. The molecule has 0 amide bonds. The first-order valence-electron chi connectivity index (χ1n) is 4.72. The van der Waals surface area contributed by atoms with E-state index in [4.69, 9.17) is 5.73 Å². The number of rotatable bonds is 5. The molecular weight excluding hydrogens is 248 g/mol. The van der Waals surface area contributed by atoms with Gasteiger partial charge in [0.2, 0.25) is 10.0 Å². The number of carbonyl (C=O) groups excluding carboxylic acids is 1. The predicted molar refractivity (Wildman–Crippen MR) is 59.4 cm³/mol. The van der Waals surface area contributed by atoms with Crippen LogP contribution in [0.3, 0.4) is 0 Å². The van der Waals surface area contributed by atoms with Crippen LogP contribution < -0.4 is 10.5 Å². The Kier molecular flexibility index (Phi) is 4.07. The van der Waals surface area contributed by atoms with Gasteiger partial charge in [-0.05, 0) is 0 Å². The maximum Gasteiger partial charge on any atom is 0.306 e. The molecule has 1 aromatic heterocycles. The van der Waals surface area contributed by atoms with E-state index < -0.39 is 16.0 Å². The van der Waals surface area contributed by atoms with Crippen LogP contribution in [0.4, 0.5) is 5.82 Å². The van der Waals surface area contributed by atoms with Crippen molar-refractivity contribution >= 4 is 21.8 Å². The number of nitrogen functional groups attached to an aromatic ring is 1. The van der Waals surface area contributed by atoms with Crippen LogP contribution in [0.15, 0.2) is 11.1 Å². The number of esters is 1. The summed E-state index contributed by atoms with van der Waals surface area (Å²) in [6, 6.07) is 0. The highest BCUT2D eigenvalue weighted by Crippen LogP contribution is 2.14. The van der Waals surface area contributed by atoms with E-state index in [1.807, 2.05) is 0 Å². The number of carbonyl (C=O) groups is 1. The third kappa shape index (κ3) is 3.43. The summed E-state index contributed by atoms with van der Waals surface area (Å²) < 4.78 is 31.4. The summed E-state index contributed by atoms with van der Waals surface area (Å²) in [4.78, 5) is 10.7. The zero-order chi connectivity index (χ0) is 13.1. The summed E-state index contributed by atoms with van der Waals surface area (Å²) in [7, 11) is -0.949. The molecule has 17 heavy (non-hydrogen) atoms. The molecule has 8 nitrogen and oxygen atoms in total. The average Bonchev–Trinajstić information content (AvgIpc) is 2.58. The number of nitrogens with zero attached hydrogens (tertiary/aromatic N) is 2. The van der Waals surface area contributed by atoms with Crippen LogP contribution in [0.25, 0.3) is 0 Å². The van der Waals surface area contributed by atoms with E-state index >= 15 is 0 Å². The van der Waals surface area contributed by atoms with Crippen molar-refractivity contribution in [3.05, 3.63) is 6.20 Å². The molecule has 0 saturated heterocycles. The topological polar surface area (TPSA) is 116 Å². The van der Waals surface area contributed by atoms with Crippen molar-refractivity contribution in [1.82, 2.24) is 14.5 Å². The second kappa shape index (κ2) is 5.15. The van der Waals surface area contributed by atoms with Crippen LogP contribution in [0.1, 0.15) is 6.42 Å². The van der Waals surface area contributed by atoms with Gasteiger partial charge in [-0.2, -0.15) is 5.10 Å². The lowest BCUT2D eigenvalue weighted by molar-refractivity contribution is -0.140. The van der Waals surface area contributed by atoms with Crippen LogP contribution in [0, 0.1) is 0 Å². The molecule has 3 N–H and O–H groups in total. The third-order valence-corrected chi connectivity index (χ3v) is 3.44. The summed E-state index contributed by atoms with van der Waals surface area (Å²) in [5.41, 5.74) is 5.44. The van der Waals surface area contributed by atoms with E-state index in [9.17, 15) is 13.2 Å². The fourth-order valence-electron chi connectivity index (χ4n) is 1.16. The minimum Gasteiger partial charge on any atom is -0.469 e. The van der Waals surface area contributed by atoms with Gasteiger partial charge in [0.25, 0.3) is 0 Å². The molecule has 1 rings (SSSR count). The van der Waals surface area contributed by atoms with Crippen molar-refractivity contribution in [2.24, 2.45) is 7.05 Å². The van der Waals surface area contributed by atoms with Crippen molar-refractivity contribution in [2.45, 2.75) is 11.3 Å². The van der Waals surface area contributed by atoms with Crippen LogP contribution >= 0.6 is 0 Å². The van der Waals surface area contributed by atoms with E-state index in [-0.39, 0.29) is 23.7 Å². The normalized spacial score (nSPS) is 11.4. The molecule has 0 aliphatic carbocycles. The number of aryl methyl sites for hydroxylation is 1. The first kappa shape index (κ1) is 13.5. The lowest BCUT2D eigenvalue weighted by atomic mass is 10.4. The van der Waals surface area contributed by atoms with Crippen LogP contribution in [0.5, 0.6) is 0 Å². The minimum atomic E-state index is -3.74. The van der Waals surface area contributed by atoms with Crippen LogP contribution in [-0.2, 0) is 26.6 Å². The second-order valence-corrected chi connectivity index (χ2v) is 5.01. The van der Waals surface area contributed by atoms with Gasteiger partial charge in [0, 0.05) is 19.8 Å². The molecule has 0 fully saturated rings. The van der Waals surface area contributed by atoms with Gasteiger partial charge in [-0.1, -0.05) is 0 Å². The number of hydrogen-bond acceptors (Lipinski definition) is 6. The highest BCUT2D eigenvalue weighted by atomic mass is 32.2. The summed E-state index contributed by atoms with van der Waals surface area (Å²) in [5.74, 6) is -0.579. The molecule has 96 valence electrons. The Morgan fingerprint density at radius 3 is 2.76 bits per heavy atom. The lowest BCUT2D eigenvalue weighted by Crippen LogP contribution is -2.26. The van der Waals surface area contributed by atoms with Gasteiger partial charge >= 0.3 is 5.97 Å². The second-order valence-electron chi connectivity index (χ2n) is 3.28. The van der Waals surface area contributed by atoms with E-state index in [1.165, 1.54) is 18.0 Å². The van der Waals surface area contributed by atoms with Crippen LogP contribution in [0.2, 0.25) is 0 Å². The van der Waals surface area contributed by atoms with Crippen molar-refractivity contribution < 1.29 is 17.9 Å². The number of sulfonamides is 1. The fourth-order valence-corrected chi connectivity index (χ4v) is 2.29. The largest absolute Gasteiger partial charge is 0.469 e. The summed E-state index contributed by atoms with van der Waals surface area (Å²) in [5, 5.41) is 3.72. The SMILES string of the molecule is COC(=O)CCNS(=O)(=O)c1cn(C)nc1N. The van der Waals surface area contributed by atoms with Gasteiger partial charge in [0.1, 0.15) is 4.90 Å². The molecule has 1 heterocycles. The quantitative estimate of drug-likeness (QED) is 0.647. The number of aromatic nitrogens is 2. The number of nitrogens with two attached hydrogens (primary N) is 1. The highest BCUT2D eigenvalue weighted by molar-refractivity contribution is 7.89. The maximum atomic E-state index is 11.7. The Labute approximate surface area is 98.8 Å². The summed E-state index contributed by atoms with van der Waals surface area (Å²) in [6.07, 6.45) is 1.24. The van der Waals surface area contributed by atoms with Gasteiger partial charge in [-0.15, -0.1) is 0 Å². The molecule has 0 aromatic carbocycles. The molecule has 0 spiro atoms. The molecule has 0 aliphatic heterocycles. The van der Waals surface area contributed by atoms with E-state index in [2.05, 4.69) is 14.6 Å². The Balaban J connectivity index is 2.70. The fraction of sp³-hybridized carbons (Fsp3) is 0.500. The van der Waals surface area contributed by atoms with Crippen LogP contribution in [-0.4, -0.2) is 37.8 Å². The zero-order valence-electron chi connectivity index (χ0n) is 9.50. The van der Waals surface area contributed by atoms with Gasteiger partial charge in [0.15, 0.2) is 5.82 Å². The first-order chi connectivity index (χ1) is 7.86. The molecule has 1 aromatic rings. The number of anilines is 1. The van der Waals surface area contributed by atoms with E-state index in [1.54, 1.807) is 7.05 Å². The number of ether oxygens (including phenoxy) is 1. The predicted octanol–water partition coefficient (Wildman–Crippen LogP) is -1.16. The minimum absolute atomic E-state index is 0.0457. The van der Waals surface area contributed by atoms with Crippen molar-refractivity contribution in [3.8, 4) is 0 Å². The average molecular weight is 262 g/mol. The standard InChI is InChI=1S/C8H14N4O4S/c1-12-5-6(8(9)11-12)17(14,15)10-4-3-7(13)16-2/h5,10H,3-4H2,1-2H3,(H2,9,11). The Hall–Kier alpha value is -1.61. The molecule has 0 unspecified atom stereocenters. The van der Waals surface area contributed by atoms with Gasteiger partial charge in [-0.25, -0.2) is 13.1 Å². The Morgan fingerprint density at radius 1 is 1.65 bits per heavy atom. The first-order valence-corrected chi connectivity index (χ1v) is 6.20. The van der Waals surface area contributed by atoms with Crippen molar-refractivity contribution in [1.29, 1.82) is 0 Å². The maximum absolute atomic E-state index is 11.7. The van der Waals surface area contributed by atoms with Gasteiger partial charge in [-0.3, -0.25) is 9.48 Å². The summed E-state index contributed by atoms with van der Waals surface area (Å²) in [6.45, 7) is -0.0522. The van der Waals surface area contributed by atoms with E-state index in [0.717, 1.165) is 0 Å². The van der Waals surface area contributed by atoms with Gasteiger partial charge in [0.05, 0.1) is 13.5 Å². The third-order valence-electron chi connectivity index (χ3n) is 1.96. The van der Waals surface area contributed by atoms with Crippen molar-refractivity contribution in [2.75, 3.05) is 19.4 Å². The molecule has 0 bridgehead atoms. The Morgan fingerprint density at radius 2 is 2.29 bits per heavy atom. The number of methoxy groups -OCH3 is 1. The molecule has 9 heteroatoms. The summed E-state index contributed by atoms with van der Waals surface area (Å²) >= 11 is 0. The lowest BCUT2D eigenvalue weighted by Gasteiger charge is -2.04. The highest BCUT2D eigenvalue weighted by Gasteiger charge is 2.20. The molecule has 0 atom stereocenters. The molecule has 0 aliphatic rings. The number of nitrogens with one attached hydrogen (secondary N) is 1. The molecular formula is C8H14N4O4S. The Bertz CT molecular complexity index is 508. The molecule has 0 radical (unpaired) electrons.